The van der Waals surface area contributed by atoms with Crippen molar-refractivity contribution in [2.24, 2.45) is 0 Å². The van der Waals surface area contributed by atoms with Gasteiger partial charge in [-0.25, -0.2) is 0 Å². The van der Waals surface area contributed by atoms with Crippen LogP contribution < -0.4 is 19.5 Å². The molecule has 3 rings (SSSR count). The van der Waals surface area contributed by atoms with Gasteiger partial charge >= 0.3 is 0 Å². The fourth-order valence-electron chi connectivity index (χ4n) is 3.89. The molecule has 0 aliphatic carbocycles. The summed E-state index contributed by atoms with van der Waals surface area (Å²) in [6, 6.07) is 15.2. The zero-order chi connectivity index (χ0) is 20.9. The Morgan fingerprint density at radius 1 is 1.10 bits per heavy atom. The zero-order valence-corrected chi connectivity index (χ0v) is 17.7. The van der Waals surface area contributed by atoms with Crippen LogP contribution in [0.4, 0.5) is 0 Å². The molecule has 1 amide bonds. The summed E-state index contributed by atoms with van der Waals surface area (Å²) in [5, 5.41) is 3.22. The molecular weight excluding hydrogens is 366 g/mol. The number of hydrogen-bond acceptors (Lipinski definition) is 4. The van der Waals surface area contributed by atoms with E-state index in [2.05, 4.69) is 19.2 Å². The minimum Gasteiger partial charge on any atom is -0.493 e. The molecule has 1 N–H and O–H groups in total. The first kappa shape index (κ1) is 21.0. The number of para-hydroxylation sites is 3. The van der Waals surface area contributed by atoms with E-state index in [4.69, 9.17) is 14.2 Å². The van der Waals surface area contributed by atoms with Crippen molar-refractivity contribution in [1.29, 1.82) is 0 Å². The van der Waals surface area contributed by atoms with Gasteiger partial charge in [-0.1, -0.05) is 51.1 Å². The molecule has 5 nitrogen and oxygen atoms in total. The zero-order valence-electron chi connectivity index (χ0n) is 17.7. The second-order valence-electron chi connectivity index (χ2n) is 7.46. The maximum atomic E-state index is 13.1. The number of rotatable bonds is 8. The number of benzene rings is 2. The SMILES string of the molecule is CC[C@H](Oc1ccccc1OC)C(=O)N[C@@H]1CC(CC)(CC)Oc2ccccc21. The van der Waals surface area contributed by atoms with Crippen molar-refractivity contribution < 1.29 is 19.0 Å². The third-order valence-electron chi connectivity index (χ3n) is 5.80. The fraction of sp³-hybridized carbons (Fsp3) is 0.458. The molecule has 0 aromatic heterocycles. The van der Waals surface area contributed by atoms with Gasteiger partial charge < -0.3 is 19.5 Å². The molecule has 0 saturated heterocycles. The van der Waals surface area contributed by atoms with Crippen LogP contribution in [0.25, 0.3) is 0 Å². The van der Waals surface area contributed by atoms with Crippen LogP contribution in [0.3, 0.4) is 0 Å². The fourth-order valence-corrected chi connectivity index (χ4v) is 3.89. The Hall–Kier alpha value is -2.69. The van der Waals surface area contributed by atoms with Crippen molar-refractivity contribution in [3.63, 3.8) is 0 Å². The molecule has 0 saturated carbocycles. The van der Waals surface area contributed by atoms with Gasteiger partial charge in [0.1, 0.15) is 11.4 Å². The highest BCUT2D eigenvalue weighted by Gasteiger charge is 2.39. The van der Waals surface area contributed by atoms with Crippen molar-refractivity contribution in [3.05, 3.63) is 54.1 Å². The number of ether oxygens (including phenoxy) is 3. The molecule has 0 bridgehead atoms. The summed E-state index contributed by atoms with van der Waals surface area (Å²) >= 11 is 0. The Morgan fingerprint density at radius 2 is 1.76 bits per heavy atom. The van der Waals surface area contributed by atoms with Crippen LogP contribution in [0, 0.1) is 0 Å². The first-order chi connectivity index (χ1) is 14.1. The van der Waals surface area contributed by atoms with E-state index in [0.29, 0.717) is 17.9 Å². The summed E-state index contributed by atoms with van der Waals surface area (Å²) in [7, 11) is 1.59. The Bertz CT molecular complexity index is 831. The van der Waals surface area contributed by atoms with Crippen LogP contribution in [0.15, 0.2) is 48.5 Å². The number of carbonyl (C=O) groups excluding carboxylic acids is 1. The lowest BCUT2D eigenvalue weighted by Gasteiger charge is -2.42. The molecule has 5 heteroatoms. The van der Waals surface area contributed by atoms with Gasteiger partial charge in [0.2, 0.25) is 0 Å². The van der Waals surface area contributed by atoms with Crippen molar-refractivity contribution in [2.75, 3.05) is 7.11 Å². The lowest BCUT2D eigenvalue weighted by atomic mass is 9.83. The quantitative estimate of drug-likeness (QED) is 0.677. The van der Waals surface area contributed by atoms with Crippen molar-refractivity contribution in [1.82, 2.24) is 5.32 Å². The van der Waals surface area contributed by atoms with Crippen LogP contribution in [-0.2, 0) is 4.79 Å². The van der Waals surface area contributed by atoms with Crippen LogP contribution in [0.1, 0.15) is 58.1 Å². The standard InChI is InChI=1S/C24H31NO4/c1-5-19(28-22-15-11-10-14-21(22)27-4)23(26)25-18-16-24(6-2,7-3)29-20-13-9-8-12-17(18)20/h8-15,18-19H,5-7,16H2,1-4H3,(H,25,26)/t18-,19+/m1/s1. The summed E-state index contributed by atoms with van der Waals surface area (Å²) in [5.41, 5.74) is 0.753. The first-order valence-electron chi connectivity index (χ1n) is 10.4. The van der Waals surface area contributed by atoms with Crippen LogP contribution >= 0.6 is 0 Å². The molecule has 2 aromatic rings. The van der Waals surface area contributed by atoms with Gasteiger partial charge in [-0.05, 0) is 37.5 Å². The number of methoxy groups -OCH3 is 1. The van der Waals surface area contributed by atoms with Crippen LogP contribution in [-0.4, -0.2) is 24.7 Å². The highest BCUT2D eigenvalue weighted by atomic mass is 16.5. The predicted molar refractivity (Wildman–Crippen MR) is 114 cm³/mol. The van der Waals surface area contributed by atoms with Gasteiger partial charge in [0.25, 0.3) is 5.91 Å². The maximum absolute atomic E-state index is 13.1. The molecule has 2 atom stereocenters. The van der Waals surface area contributed by atoms with E-state index < -0.39 is 6.10 Å². The van der Waals surface area contributed by atoms with Crippen molar-refractivity contribution in [3.8, 4) is 17.2 Å². The lowest BCUT2D eigenvalue weighted by Crippen LogP contribution is -2.47. The number of carbonyl (C=O) groups is 1. The van der Waals surface area contributed by atoms with Crippen molar-refractivity contribution in [2.45, 2.75) is 64.2 Å². The average Bonchev–Trinajstić information content (AvgIpc) is 2.77. The maximum Gasteiger partial charge on any atom is 0.261 e. The molecule has 0 fully saturated rings. The first-order valence-corrected chi connectivity index (χ1v) is 10.4. The van der Waals surface area contributed by atoms with Crippen molar-refractivity contribution >= 4 is 5.91 Å². The van der Waals surface area contributed by atoms with Crippen LogP contribution in [0.2, 0.25) is 0 Å². The molecule has 156 valence electrons. The molecule has 1 aliphatic heterocycles. The van der Waals surface area contributed by atoms with E-state index in [1.807, 2.05) is 55.5 Å². The second-order valence-corrected chi connectivity index (χ2v) is 7.46. The van der Waals surface area contributed by atoms with Gasteiger partial charge in [0.05, 0.1) is 13.2 Å². The second kappa shape index (κ2) is 9.21. The van der Waals surface area contributed by atoms with E-state index in [1.165, 1.54) is 0 Å². The minimum absolute atomic E-state index is 0.109. The monoisotopic (exact) mass is 397 g/mol. The van der Waals surface area contributed by atoms with E-state index in [0.717, 1.165) is 30.6 Å². The molecule has 1 aliphatic rings. The summed E-state index contributed by atoms with van der Waals surface area (Å²) < 4.78 is 17.7. The topological polar surface area (TPSA) is 56.8 Å². The Balaban J connectivity index is 1.80. The summed E-state index contributed by atoms with van der Waals surface area (Å²) in [6.07, 6.45) is 2.48. The molecule has 0 spiro atoms. The van der Waals surface area contributed by atoms with Gasteiger partial charge in [-0.3, -0.25) is 4.79 Å². The van der Waals surface area contributed by atoms with E-state index in [9.17, 15) is 4.79 Å². The molecule has 0 radical (unpaired) electrons. The molecule has 0 unspecified atom stereocenters. The van der Waals surface area contributed by atoms with Crippen LogP contribution in [0.5, 0.6) is 17.2 Å². The van der Waals surface area contributed by atoms with Gasteiger partial charge in [0.15, 0.2) is 17.6 Å². The number of amides is 1. The Kier molecular flexibility index (Phi) is 6.68. The molecular formula is C24H31NO4. The van der Waals surface area contributed by atoms with Gasteiger partial charge in [-0.2, -0.15) is 0 Å². The van der Waals surface area contributed by atoms with E-state index in [-0.39, 0.29) is 17.6 Å². The van der Waals surface area contributed by atoms with Gasteiger partial charge in [-0.15, -0.1) is 0 Å². The Morgan fingerprint density at radius 3 is 2.41 bits per heavy atom. The van der Waals surface area contributed by atoms with E-state index >= 15 is 0 Å². The third kappa shape index (κ3) is 4.50. The van der Waals surface area contributed by atoms with E-state index in [1.54, 1.807) is 7.11 Å². The minimum atomic E-state index is -0.598. The molecule has 1 heterocycles. The third-order valence-corrected chi connectivity index (χ3v) is 5.80. The molecule has 2 aromatic carbocycles. The summed E-state index contributed by atoms with van der Waals surface area (Å²) in [4.78, 5) is 13.1. The largest absolute Gasteiger partial charge is 0.493 e. The summed E-state index contributed by atoms with van der Waals surface area (Å²) in [6.45, 7) is 6.21. The summed E-state index contributed by atoms with van der Waals surface area (Å²) in [5.74, 6) is 1.92. The smallest absolute Gasteiger partial charge is 0.261 e. The average molecular weight is 398 g/mol. The number of hydrogen-bond donors (Lipinski definition) is 1. The molecule has 29 heavy (non-hydrogen) atoms. The highest BCUT2D eigenvalue weighted by molar-refractivity contribution is 5.81. The normalized spacial score (nSPS) is 18.1. The predicted octanol–water partition coefficient (Wildman–Crippen LogP) is 5.05. The number of nitrogens with one attached hydrogen (secondary N) is 1. The Labute approximate surface area is 173 Å². The number of fused-ring (bicyclic) bond motifs is 1. The lowest BCUT2D eigenvalue weighted by molar-refractivity contribution is -0.129. The highest BCUT2D eigenvalue weighted by Crippen LogP contribution is 2.42. The van der Waals surface area contributed by atoms with Gasteiger partial charge in [0, 0.05) is 12.0 Å².